The zero-order valence-electron chi connectivity index (χ0n) is 22.8. The lowest BCUT2D eigenvalue weighted by Gasteiger charge is -2.13. The van der Waals surface area contributed by atoms with Gasteiger partial charge in [0, 0.05) is 38.5 Å². The molecular weight excluding hydrogens is 510 g/mol. The summed E-state index contributed by atoms with van der Waals surface area (Å²) in [6.07, 6.45) is 2.04. The van der Waals surface area contributed by atoms with Crippen LogP contribution in [0.25, 0.3) is 77.0 Å². The van der Waals surface area contributed by atoms with Crippen molar-refractivity contribution >= 4 is 54.4 Å². The van der Waals surface area contributed by atoms with Crippen molar-refractivity contribution in [1.29, 1.82) is 0 Å². The maximum atomic E-state index is 5.13. The normalized spacial score (nSPS) is 11.8. The highest BCUT2D eigenvalue weighted by Crippen LogP contribution is 2.40. The van der Waals surface area contributed by atoms with Crippen LogP contribution in [0.15, 0.2) is 152 Å². The molecule has 0 N–H and O–H groups in total. The number of hydrogen-bond acceptors (Lipinski definition) is 1. The van der Waals surface area contributed by atoms with E-state index in [2.05, 4.69) is 155 Å². The smallest absolute Gasteiger partial charge is 0.0731 e. The van der Waals surface area contributed by atoms with E-state index in [0.717, 1.165) is 28.1 Å². The summed E-state index contributed by atoms with van der Waals surface area (Å²) in [5.41, 5.74) is 9.02. The van der Waals surface area contributed by atoms with Crippen molar-refractivity contribution in [2.24, 2.45) is 0 Å². The molecule has 0 saturated heterocycles. The van der Waals surface area contributed by atoms with Crippen molar-refractivity contribution in [3.8, 4) is 22.6 Å². The van der Waals surface area contributed by atoms with Crippen LogP contribution >= 0.6 is 0 Å². The molecule has 9 rings (SSSR count). The summed E-state index contributed by atoms with van der Waals surface area (Å²) < 4.78 is 4.72. The van der Waals surface area contributed by atoms with E-state index in [4.69, 9.17) is 4.98 Å². The number of hydrogen-bond donors (Lipinski definition) is 0. The first kappa shape index (κ1) is 23.1. The van der Waals surface area contributed by atoms with Gasteiger partial charge in [-0.1, -0.05) is 103 Å². The summed E-state index contributed by atoms with van der Waals surface area (Å²) in [5, 5.41) is 7.36. The minimum atomic E-state index is 0.967. The molecular formula is C39H25N3. The molecule has 0 spiro atoms. The molecule has 3 nitrogen and oxygen atoms in total. The lowest BCUT2D eigenvalue weighted by atomic mass is 10.0. The lowest BCUT2D eigenvalue weighted by molar-refractivity contribution is 1.16. The van der Waals surface area contributed by atoms with Gasteiger partial charge in [-0.05, 0) is 53.2 Å². The first-order chi connectivity index (χ1) is 20.8. The summed E-state index contributed by atoms with van der Waals surface area (Å²) >= 11 is 0. The van der Waals surface area contributed by atoms with Crippen molar-refractivity contribution < 1.29 is 0 Å². The fraction of sp³-hybridized carbons (Fsp3) is 0. The van der Waals surface area contributed by atoms with Gasteiger partial charge >= 0.3 is 0 Å². The Hall–Kier alpha value is -5.67. The average molecular weight is 536 g/mol. The first-order valence-corrected chi connectivity index (χ1v) is 14.3. The molecule has 0 amide bonds. The average Bonchev–Trinajstić information content (AvgIpc) is 3.58. The molecule has 0 aliphatic carbocycles. The predicted molar refractivity (Wildman–Crippen MR) is 176 cm³/mol. The predicted octanol–water partition coefficient (Wildman–Crippen LogP) is 10.1. The minimum Gasteiger partial charge on any atom is -0.309 e. The molecule has 0 atom stereocenters. The van der Waals surface area contributed by atoms with E-state index in [1.165, 1.54) is 48.9 Å². The van der Waals surface area contributed by atoms with Gasteiger partial charge in [0.1, 0.15) is 0 Å². The fourth-order valence-corrected chi connectivity index (χ4v) is 6.68. The molecule has 0 bridgehead atoms. The Bertz CT molecular complexity index is 2460. The summed E-state index contributed by atoms with van der Waals surface area (Å²) in [5.74, 6) is 0. The van der Waals surface area contributed by atoms with Gasteiger partial charge in [0.2, 0.25) is 0 Å². The maximum absolute atomic E-state index is 5.13. The number of nitrogens with zero attached hydrogens (tertiary/aromatic N) is 3. The van der Waals surface area contributed by atoms with Gasteiger partial charge in [0.25, 0.3) is 0 Å². The number of pyridine rings is 1. The Morgan fingerprint density at radius 3 is 1.90 bits per heavy atom. The largest absolute Gasteiger partial charge is 0.309 e. The molecule has 3 aromatic heterocycles. The van der Waals surface area contributed by atoms with Gasteiger partial charge in [0.05, 0.1) is 34.0 Å². The molecule has 3 heterocycles. The third kappa shape index (κ3) is 3.31. The minimum absolute atomic E-state index is 0.967. The van der Waals surface area contributed by atoms with Crippen LogP contribution in [0.1, 0.15) is 0 Å². The number of fused-ring (bicyclic) bond motifs is 7. The topological polar surface area (TPSA) is 22.8 Å². The Balaban J connectivity index is 1.36. The second-order valence-electron chi connectivity index (χ2n) is 10.9. The molecule has 0 unspecified atom stereocenters. The van der Waals surface area contributed by atoms with Gasteiger partial charge in [-0.15, -0.1) is 0 Å². The highest BCUT2D eigenvalue weighted by molar-refractivity contribution is 6.15. The number of benzene rings is 6. The molecule has 3 heteroatoms. The number of rotatable bonds is 3. The zero-order valence-corrected chi connectivity index (χ0v) is 22.8. The van der Waals surface area contributed by atoms with Crippen LogP contribution in [0.4, 0.5) is 0 Å². The van der Waals surface area contributed by atoms with E-state index < -0.39 is 0 Å². The molecule has 0 fully saturated rings. The molecule has 196 valence electrons. The Morgan fingerprint density at radius 1 is 0.405 bits per heavy atom. The second-order valence-corrected chi connectivity index (χ2v) is 10.9. The highest BCUT2D eigenvalue weighted by atomic mass is 15.0. The standard InChI is InChI=1S/C39H25N3/c1-2-13-28(14-3-1)41-36-19-8-7-16-31(36)34-24-35(40-25-38(34)41)33-18-10-17-32-30-15-6-9-20-37(30)42(39(32)33)29-22-21-26-11-4-5-12-27(26)23-29/h1-25H. The van der Waals surface area contributed by atoms with Crippen LogP contribution in [0.5, 0.6) is 0 Å². The van der Waals surface area contributed by atoms with Crippen molar-refractivity contribution in [1.82, 2.24) is 14.1 Å². The van der Waals surface area contributed by atoms with Gasteiger partial charge < -0.3 is 9.13 Å². The van der Waals surface area contributed by atoms with E-state index in [1.807, 2.05) is 6.20 Å². The number of aromatic nitrogens is 3. The molecule has 0 aliphatic rings. The summed E-state index contributed by atoms with van der Waals surface area (Å²) in [7, 11) is 0. The summed E-state index contributed by atoms with van der Waals surface area (Å²) in [4.78, 5) is 5.13. The molecule has 0 aliphatic heterocycles. The fourth-order valence-electron chi connectivity index (χ4n) is 6.68. The Kier molecular flexibility index (Phi) is 4.90. The molecule has 0 saturated carbocycles. The molecule has 6 aromatic carbocycles. The highest BCUT2D eigenvalue weighted by Gasteiger charge is 2.19. The molecule has 9 aromatic rings. The van der Waals surface area contributed by atoms with Crippen molar-refractivity contribution in [2.75, 3.05) is 0 Å². The van der Waals surface area contributed by atoms with E-state index in [1.54, 1.807) is 0 Å². The molecule has 0 radical (unpaired) electrons. The summed E-state index contributed by atoms with van der Waals surface area (Å²) in [6.45, 7) is 0. The van der Waals surface area contributed by atoms with Crippen LogP contribution in [0.2, 0.25) is 0 Å². The van der Waals surface area contributed by atoms with Crippen molar-refractivity contribution in [3.63, 3.8) is 0 Å². The third-order valence-corrected chi connectivity index (χ3v) is 8.54. The second kappa shape index (κ2) is 8.92. The van der Waals surface area contributed by atoms with E-state index >= 15 is 0 Å². The number of para-hydroxylation sites is 4. The Labute approximate surface area is 242 Å². The van der Waals surface area contributed by atoms with Crippen LogP contribution in [-0.4, -0.2) is 14.1 Å². The van der Waals surface area contributed by atoms with Gasteiger partial charge in [-0.3, -0.25) is 4.98 Å². The van der Waals surface area contributed by atoms with E-state index in [-0.39, 0.29) is 0 Å². The SMILES string of the molecule is c1ccc(-n2c3ccccc3c3cc(-c4cccc5c6ccccc6n(-c6ccc7ccccc7c6)c45)ncc32)cc1. The van der Waals surface area contributed by atoms with Crippen LogP contribution < -0.4 is 0 Å². The molecule has 42 heavy (non-hydrogen) atoms. The first-order valence-electron chi connectivity index (χ1n) is 14.3. The van der Waals surface area contributed by atoms with Crippen LogP contribution in [0.3, 0.4) is 0 Å². The zero-order chi connectivity index (χ0) is 27.6. The monoisotopic (exact) mass is 535 g/mol. The van der Waals surface area contributed by atoms with Crippen molar-refractivity contribution in [3.05, 3.63) is 152 Å². The van der Waals surface area contributed by atoms with Gasteiger partial charge in [-0.25, -0.2) is 0 Å². The maximum Gasteiger partial charge on any atom is 0.0731 e. The quantitative estimate of drug-likeness (QED) is 0.221. The Morgan fingerprint density at radius 2 is 1.07 bits per heavy atom. The van der Waals surface area contributed by atoms with Crippen LogP contribution in [-0.2, 0) is 0 Å². The van der Waals surface area contributed by atoms with Gasteiger partial charge in [-0.2, -0.15) is 0 Å². The summed E-state index contributed by atoms with van der Waals surface area (Å²) in [6, 6.07) is 52.1. The van der Waals surface area contributed by atoms with Crippen molar-refractivity contribution in [2.45, 2.75) is 0 Å². The lowest BCUT2D eigenvalue weighted by Crippen LogP contribution is -1.97. The van der Waals surface area contributed by atoms with Crippen LogP contribution in [0, 0.1) is 0 Å². The third-order valence-electron chi connectivity index (χ3n) is 8.54. The van der Waals surface area contributed by atoms with E-state index in [0.29, 0.717) is 0 Å². The van der Waals surface area contributed by atoms with Gasteiger partial charge in [0.15, 0.2) is 0 Å². The van der Waals surface area contributed by atoms with E-state index in [9.17, 15) is 0 Å².